The van der Waals surface area contributed by atoms with Crippen LogP contribution in [-0.2, 0) is 4.79 Å². The Morgan fingerprint density at radius 3 is 3.05 bits per heavy atom. The predicted molar refractivity (Wildman–Crippen MR) is 95.6 cm³/mol. The van der Waals surface area contributed by atoms with Gasteiger partial charge >= 0.3 is 0 Å². The standard InChI is InChI=1S/C16H16BrClN2OS/c17-11-5-6-13(12(18)9-11)19-10-16(21)20-7-1-3-14(20)15-4-2-8-22-15/h2,4-6,8-9,14,19H,1,3,7,10H2. The molecule has 1 N–H and O–H groups in total. The molecule has 1 amide bonds. The van der Waals surface area contributed by atoms with Crippen LogP contribution in [0.1, 0.15) is 23.8 Å². The number of thiophene rings is 1. The molecular formula is C16H16BrClN2OS. The Morgan fingerprint density at radius 2 is 2.32 bits per heavy atom. The van der Waals surface area contributed by atoms with Gasteiger partial charge in [-0.05, 0) is 42.5 Å². The third-order valence-corrected chi connectivity index (χ3v) is 5.59. The van der Waals surface area contributed by atoms with Crippen LogP contribution in [-0.4, -0.2) is 23.9 Å². The molecule has 1 saturated heterocycles. The Morgan fingerprint density at radius 1 is 1.45 bits per heavy atom. The maximum absolute atomic E-state index is 12.5. The highest BCUT2D eigenvalue weighted by molar-refractivity contribution is 9.10. The minimum atomic E-state index is 0.120. The van der Waals surface area contributed by atoms with Crippen LogP contribution >= 0.6 is 38.9 Å². The van der Waals surface area contributed by atoms with Gasteiger partial charge in [-0.25, -0.2) is 0 Å². The summed E-state index contributed by atoms with van der Waals surface area (Å²) in [5.41, 5.74) is 0.782. The molecule has 0 spiro atoms. The van der Waals surface area contributed by atoms with Crippen molar-refractivity contribution in [3.8, 4) is 0 Å². The predicted octanol–water partition coefficient (Wildman–Crippen LogP) is 4.94. The first-order valence-corrected chi connectivity index (χ1v) is 9.22. The molecule has 2 aromatic rings. The van der Waals surface area contributed by atoms with E-state index in [1.807, 2.05) is 29.2 Å². The molecule has 0 radical (unpaired) electrons. The number of halogens is 2. The Kier molecular flexibility index (Phi) is 5.06. The zero-order valence-corrected chi connectivity index (χ0v) is 15.0. The lowest BCUT2D eigenvalue weighted by Gasteiger charge is -2.24. The number of amides is 1. The first-order valence-electron chi connectivity index (χ1n) is 7.17. The Hall–Kier alpha value is -1.04. The fourth-order valence-corrected chi connectivity index (χ4v) is 4.36. The number of anilines is 1. The maximum Gasteiger partial charge on any atom is 0.242 e. The summed E-state index contributed by atoms with van der Waals surface area (Å²) in [4.78, 5) is 15.8. The molecule has 1 unspecified atom stereocenters. The molecule has 0 saturated carbocycles. The molecule has 22 heavy (non-hydrogen) atoms. The van der Waals surface area contributed by atoms with Crippen LogP contribution in [0.25, 0.3) is 0 Å². The minimum Gasteiger partial charge on any atom is -0.375 e. The Bertz CT molecular complexity index is 662. The van der Waals surface area contributed by atoms with Crippen molar-refractivity contribution in [1.29, 1.82) is 0 Å². The lowest BCUT2D eigenvalue weighted by atomic mass is 10.2. The lowest BCUT2D eigenvalue weighted by molar-refractivity contribution is -0.130. The Balaban J connectivity index is 1.64. The number of nitrogens with zero attached hydrogens (tertiary/aromatic N) is 1. The van der Waals surface area contributed by atoms with Crippen LogP contribution in [0.2, 0.25) is 5.02 Å². The highest BCUT2D eigenvalue weighted by Crippen LogP contribution is 2.34. The molecule has 1 fully saturated rings. The SMILES string of the molecule is O=C(CNc1ccc(Br)cc1Cl)N1CCCC1c1cccs1. The summed E-state index contributed by atoms with van der Waals surface area (Å²) in [5, 5.41) is 5.82. The van der Waals surface area contributed by atoms with Crippen molar-refractivity contribution < 1.29 is 4.79 Å². The van der Waals surface area contributed by atoms with Crippen molar-refractivity contribution in [1.82, 2.24) is 4.90 Å². The number of rotatable bonds is 4. The second-order valence-electron chi connectivity index (χ2n) is 5.24. The molecule has 1 aromatic carbocycles. The van der Waals surface area contributed by atoms with Crippen LogP contribution in [0.3, 0.4) is 0 Å². The van der Waals surface area contributed by atoms with Crippen molar-refractivity contribution >= 4 is 50.5 Å². The van der Waals surface area contributed by atoms with Gasteiger partial charge in [-0.3, -0.25) is 4.79 Å². The van der Waals surface area contributed by atoms with Gasteiger partial charge in [0.25, 0.3) is 0 Å². The van der Waals surface area contributed by atoms with Gasteiger partial charge in [-0.1, -0.05) is 33.6 Å². The summed E-state index contributed by atoms with van der Waals surface area (Å²) in [5.74, 6) is 0.120. The topological polar surface area (TPSA) is 32.3 Å². The average Bonchev–Trinajstić information content (AvgIpc) is 3.16. The van der Waals surface area contributed by atoms with Crippen molar-refractivity contribution in [2.24, 2.45) is 0 Å². The summed E-state index contributed by atoms with van der Waals surface area (Å²) in [7, 11) is 0. The fraction of sp³-hybridized carbons (Fsp3) is 0.312. The number of nitrogens with one attached hydrogen (secondary N) is 1. The van der Waals surface area contributed by atoms with E-state index in [0.717, 1.165) is 29.5 Å². The molecule has 2 heterocycles. The van der Waals surface area contributed by atoms with Crippen molar-refractivity contribution in [2.45, 2.75) is 18.9 Å². The monoisotopic (exact) mass is 398 g/mol. The van der Waals surface area contributed by atoms with E-state index in [2.05, 4.69) is 32.7 Å². The fourth-order valence-electron chi connectivity index (χ4n) is 2.75. The number of likely N-dealkylation sites (tertiary alicyclic amines) is 1. The van der Waals surface area contributed by atoms with Gasteiger partial charge in [0, 0.05) is 15.9 Å². The minimum absolute atomic E-state index is 0.120. The molecule has 0 aliphatic carbocycles. The number of carbonyl (C=O) groups is 1. The molecule has 1 aliphatic heterocycles. The van der Waals surface area contributed by atoms with Gasteiger partial charge < -0.3 is 10.2 Å². The van der Waals surface area contributed by atoms with Gasteiger partial charge in [0.2, 0.25) is 5.91 Å². The first kappa shape index (κ1) is 15.8. The van der Waals surface area contributed by atoms with Crippen LogP contribution in [0, 0.1) is 0 Å². The second kappa shape index (κ2) is 7.02. The molecule has 6 heteroatoms. The average molecular weight is 400 g/mol. The molecule has 1 aliphatic rings. The number of carbonyl (C=O) groups excluding carboxylic acids is 1. The molecule has 1 aromatic heterocycles. The summed E-state index contributed by atoms with van der Waals surface area (Å²) in [6, 6.07) is 9.98. The summed E-state index contributed by atoms with van der Waals surface area (Å²) >= 11 is 11.3. The van der Waals surface area contributed by atoms with E-state index < -0.39 is 0 Å². The maximum atomic E-state index is 12.5. The van der Waals surface area contributed by atoms with E-state index >= 15 is 0 Å². The van der Waals surface area contributed by atoms with Crippen molar-refractivity contribution in [3.63, 3.8) is 0 Å². The quantitative estimate of drug-likeness (QED) is 0.790. The number of hydrogen-bond donors (Lipinski definition) is 1. The van der Waals surface area contributed by atoms with E-state index in [9.17, 15) is 4.79 Å². The van der Waals surface area contributed by atoms with Gasteiger partial charge in [0.1, 0.15) is 0 Å². The highest BCUT2D eigenvalue weighted by Gasteiger charge is 2.30. The van der Waals surface area contributed by atoms with Crippen LogP contribution in [0.15, 0.2) is 40.2 Å². The Labute approximate surface area is 147 Å². The van der Waals surface area contributed by atoms with Gasteiger partial charge in [0.15, 0.2) is 0 Å². The molecular weight excluding hydrogens is 384 g/mol. The summed E-state index contributed by atoms with van der Waals surface area (Å²) in [6.45, 7) is 1.10. The zero-order valence-electron chi connectivity index (χ0n) is 11.9. The van der Waals surface area contributed by atoms with Crippen LogP contribution < -0.4 is 5.32 Å². The molecule has 1 atom stereocenters. The normalized spacial score (nSPS) is 17.7. The van der Waals surface area contributed by atoms with Crippen LogP contribution in [0.4, 0.5) is 5.69 Å². The van der Waals surface area contributed by atoms with Crippen molar-refractivity contribution in [3.05, 3.63) is 50.1 Å². The largest absolute Gasteiger partial charge is 0.375 e. The third-order valence-electron chi connectivity index (χ3n) is 3.81. The highest BCUT2D eigenvalue weighted by atomic mass is 79.9. The van der Waals surface area contributed by atoms with Crippen LogP contribution in [0.5, 0.6) is 0 Å². The zero-order chi connectivity index (χ0) is 15.5. The second-order valence-corrected chi connectivity index (χ2v) is 7.54. The molecule has 3 rings (SSSR count). The lowest BCUT2D eigenvalue weighted by Crippen LogP contribution is -2.34. The van der Waals surface area contributed by atoms with E-state index in [1.54, 1.807) is 11.3 Å². The summed E-state index contributed by atoms with van der Waals surface area (Å²) in [6.07, 6.45) is 2.11. The van der Waals surface area contributed by atoms with Gasteiger partial charge in [-0.15, -0.1) is 11.3 Å². The van der Waals surface area contributed by atoms with E-state index in [4.69, 9.17) is 11.6 Å². The third kappa shape index (κ3) is 3.47. The summed E-state index contributed by atoms with van der Waals surface area (Å²) < 4.78 is 0.923. The van der Waals surface area contributed by atoms with E-state index in [-0.39, 0.29) is 18.5 Å². The van der Waals surface area contributed by atoms with E-state index in [1.165, 1.54) is 4.88 Å². The molecule has 0 bridgehead atoms. The number of hydrogen-bond acceptors (Lipinski definition) is 3. The van der Waals surface area contributed by atoms with E-state index in [0.29, 0.717) is 5.02 Å². The van der Waals surface area contributed by atoms with Gasteiger partial charge in [0.05, 0.1) is 23.3 Å². The van der Waals surface area contributed by atoms with Crippen molar-refractivity contribution in [2.75, 3.05) is 18.4 Å². The molecule has 3 nitrogen and oxygen atoms in total. The smallest absolute Gasteiger partial charge is 0.242 e. The molecule has 116 valence electrons. The first-order chi connectivity index (χ1) is 10.6. The number of benzene rings is 1. The van der Waals surface area contributed by atoms with Gasteiger partial charge in [-0.2, -0.15) is 0 Å².